The lowest BCUT2D eigenvalue weighted by atomic mass is 10.2. The summed E-state index contributed by atoms with van der Waals surface area (Å²) in [5.74, 6) is 0.813. The van der Waals surface area contributed by atoms with Crippen LogP contribution in [-0.2, 0) is 9.47 Å². The van der Waals surface area contributed by atoms with Gasteiger partial charge in [0, 0.05) is 46.0 Å². The second kappa shape index (κ2) is 16.4. The molecule has 6 nitrogen and oxygen atoms in total. The van der Waals surface area contributed by atoms with Crippen molar-refractivity contribution in [3.63, 3.8) is 0 Å². The highest BCUT2D eigenvalue weighted by Crippen LogP contribution is 2.12. The number of rotatable bonds is 12. The van der Waals surface area contributed by atoms with Crippen LogP contribution in [0.3, 0.4) is 0 Å². The normalized spacial score (nSPS) is 10.9. The number of benzene rings is 1. The molecule has 0 fully saturated rings. The molecule has 25 heavy (non-hydrogen) atoms. The Morgan fingerprint density at radius 3 is 2.44 bits per heavy atom. The molecule has 0 saturated carbocycles. The van der Waals surface area contributed by atoms with E-state index in [4.69, 9.17) is 9.47 Å². The van der Waals surface area contributed by atoms with E-state index in [0.717, 1.165) is 38.6 Å². The summed E-state index contributed by atoms with van der Waals surface area (Å²) in [5.41, 5.74) is 1.27. The molecule has 144 valence electrons. The number of methoxy groups -OCH3 is 1. The summed E-state index contributed by atoms with van der Waals surface area (Å²) in [7, 11) is 3.45. The number of anilines is 1. The lowest BCUT2D eigenvalue weighted by Crippen LogP contribution is -2.40. The van der Waals surface area contributed by atoms with E-state index in [1.54, 1.807) is 14.2 Å². The number of aliphatic imine (C=N–C) groups is 1. The fourth-order valence-corrected chi connectivity index (χ4v) is 2.29. The molecule has 0 saturated heterocycles. The van der Waals surface area contributed by atoms with Crippen molar-refractivity contribution < 1.29 is 9.47 Å². The molecule has 1 rings (SSSR count). The van der Waals surface area contributed by atoms with Gasteiger partial charge in [-0.1, -0.05) is 18.2 Å². The predicted octanol–water partition coefficient (Wildman–Crippen LogP) is 2.35. The first-order valence-corrected chi connectivity index (χ1v) is 8.63. The molecule has 7 heteroatoms. The van der Waals surface area contributed by atoms with Crippen molar-refractivity contribution in [2.75, 3.05) is 65.1 Å². The number of nitrogens with zero attached hydrogens (tertiary/aromatic N) is 2. The van der Waals surface area contributed by atoms with Crippen LogP contribution >= 0.6 is 24.0 Å². The molecule has 0 aliphatic rings. The molecule has 0 amide bonds. The van der Waals surface area contributed by atoms with Gasteiger partial charge in [-0.15, -0.1) is 24.0 Å². The molecular formula is C18H33IN4O2. The number of ether oxygens (including phenoxy) is 2. The smallest absolute Gasteiger partial charge is 0.191 e. The number of halogens is 1. The Morgan fingerprint density at radius 1 is 1.08 bits per heavy atom. The van der Waals surface area contributed by atoms with Gasteiger partial charge in [0.05, 0.1) is 19.8 Å². The van der Waals surface area contributed by atoms with Gasteiger partial charge in [-0.25, -0.2) is 0 Å². The second-order valence-electron chi connectivity index (χ2n) is 5.30. The van der Waals surface area contributed by atoms with Crippen LogP contribution in [0.25, 0.3) is 0 Å². The van der Waals surface area contributed by atoms with Crippen molar-refractivity contribution in [1.29, 1.82) is 0 Å². The van der Waals surface area contributed by atoms with Crippen LogP contribution in [0.1, 0.15) is 13.3 Å². The van der Waals surface area contributed by atoms with Crippen molar-refractivity contribution in [3.8, 4) is 0 Å². The van der Waals surface area contributed by atoms with E-state index in [0.29, 0.717) is 19.8 Å². The van der Waals surface area contributed by atoms with Gasteiger partial charge in [-0.3, -0.25) is 4.99 Å². The predicted molar refractivity (Wildman–Crippen MR) is 116 cm³/mol. The third-order valence-corrected chi connectivity index (χ3v) is 3.59. The molecule has 0 aliphatic heterocycles. The maximum Gasteiger partial charge on any atom is 0.191 e. The number of nitrogens with one attached hydrogen (secondary N) is 2. The van der Waals surface area contributed by atoms with Crippen LogP contribution in [0.15, 0.2) is 35.3 Å². The van der Waals surface area contributed by atoms with Crippen molar-refractivity contribution >= 4 is 35.6 Å². The maximum absolute atomic E-state index is 5.41. The molecule has 0 spiro atoms. The van der Waals surface area contributed by atoms with Crippen LogP contribution in [0, 0.1) is 0 Å². The number of hydrogen-bond acceptors (Lipinski definition) is 4. The Hall–Kier alpha value is -1.06. The molecule has 0 radical (unpaired) electrons. The summed E-state index contributed by atoms with van der Waals surface area (Å²) in [6, 6.07) is 10.5. The van der Waals surface area contributed by atoms with Gasteiger partial charge in [0.25, 0.3) is 0 Å². The average Bonchev–Trinajstić information content (AvgIpc) is 2.63. The second-order valence-corrected chi connectivity index (χ2v) is 5.30. The van der Waals surface area contributed by atoms with E-state index in [-0.39, 0.29) is 24.0 Å². The quantitative estimate of drug-likeness (QED) is 0.215. The summed E-state index contributed by atoms with van der Waals surface area (Å²) in [5, 5.41) is 6.57. The zero-order valence-corrected chi connectivity index (χ0v) is 18.0. The molecule has 0 bridgehead atoms. The lowest BCUT2D eigenvalue weighted by Gasteiger charge is -2.23. The highest BCUT2D eigenvalue weighted by atomic mass is 127. The summed E-state index contributed by atoms with van der Waals surface area (Å²) in [4.78, 5) is 6.59. The first kappa shape index (κ1) is 23.9. The molecule has 0 atom stereocenters. The minimum Gasteiger partial charge on any atom is -0.382 e. The van der Waals surface area contributed by atoms with Crippen LogP contribution in [0.5, 0.6) is 0 Å². The molecule has 0 unspecified atom stereocenters. The van der Waals surface area contributed by atoms with Crippen molar-refractivity contribution in [2.45, 2.75) is 13.3 Å². The summed E-state index contributed by atoms with van der Waals surface area (Å²) < 4.78 is 10.3. The minimum absolute atomic E-state index is 0. The fourth-order valence-electron chi connectivity index (χ4n) is 2.29. The highest BCUT2D eigenvalue weighted by Gasteiger charge is 2.03. The Balaban J connectivity index is 0.00000576. The lowest BCUT2D eigenvalue weighted by molar-refractivity contribution is 0.0733. The van der Waals surface area contributed by atoms with Gasteiger partial charge in [0.15, 0.2) is 5.96 Å². The summed E-state index contributed by atoms with van der Waals surface area (Å²) in [6.07, 6.45) is 1.05. The topological polar surface area (TPSA) is 58.1 Å². The van der Waals surface area contributed by atoms with Gasteiger partial charge < -0.3 is 25.0 Å². The maximum atomic E-state index is 5.41. The molecule has 0 aromatic heterocycles. The number of hydrogen-bond donors (Lipinski definition) is 2. The number of guanidine groups is 1. The highest BCUT2D eigenvalue weighted by molar-refractivity contribution is 14.0. The van der Waals surface area contributed by atoms with E-state index >= 15 is 0 Å². The number of para-hydroxylation sites is 1. The first-order valence-electron chi connectivity index (χ1n) is 8.63. The van der Waals surface area contributed by atoms with E-state index in [1.807, 2.05) is 6.07 Å². The van der Waals surface area contributed by atoms with Crippen LogP contribution in [-0.4, -0.2) is 66.1 Å². The van der Waals surface area contributed by atoms with E-state index < -0.39 is 0 Å². The van der Waals surface area contributed by atoms with Crippen molar-refractivity contribution in [3.05, 3.63) is 30.3 Å². The van der Waals surface area contributed by atoms with Crippen molar-refractivity contribution in [2.24, 2.45) is 4.99 Å². The third-order valence-electron chi connectivity index (χ3n) is 3.59. The van der Waals surface area contributed by atoms with Gasteiger partial charge in [0.1, 0.15) is 0 Å². The zero-order chi connectivity index (χ0) is 17.5. The standard InChI is InChI=1S/C18H32N4O2.HI/c1-4-22(17-9-6-5-7-10-17)13-8-11-20-18(19-2)21-12-14-24-16-15-23-3;/h5-7,9-10H,4,8,11-16H2,1-3H3,(H2,19,20,21);1H. The molecule has 2 N–H and O–H groups in total. The van der Waals surface area contributed by atoms with Crippen LogP contribution in [0.2, 0.25) is 0 Å². The van der Waals surface area contributed by atoms with Gasteiger partial charge in [0.2, 0.25) is 0 Å². The Morgan fingerprint density at radius 2 is 1.80 bits per heavy atom. The Kier molecular flexibility index (Phi) is 15.7. The largest absolute Gasteiger partial charge is 0.382 e. The van der Waals surface area contributed by atoms with Gasteiger partial charge >= 0.3 is 0 Å². The summed E-state index contributed by atoms with van der Waals surface area (Å²) in [6.45, 7) is 7.72. The third kappa shape index (κ3) is 11.2. The monoisotopic (exact) mass is 464 g/mol. The molecule has 0 heterocycles. The SMILES string of the molecule is CCN(CCCNC(=NC)NCCOCCOC)c1ccccc1.I. The minimum atomic E-state index is 0. The van der Waals surface area contributed by atoms with Crippen LogP contribution in [0.4, 0.5) is 5.69 Å². The Bertz CT molecular complexity index is 446. The van der Waals surface area contributed by atoms with Crippen LogP contribution < -0.4 is 15.5 Å². The molecule has 0 aliphatic carbocycles. The fraction of sp³-hybridized carbons (Fsp3) is 0.611. The molecular weight excluding hydrogens is 431 g/mol. The summed E-state index contributed by atoms with van der Waals surface area (Å²) >= 11 is 0. The van der Waals surface area contributed by atoms with Crippen molar-refractivity contribution in [1.82, 2.24) is 10.6 Å². The van der Waals surface area contributed by atoms with Gasteiger partial charge in [-0.2, -0.15) is 0 Å². The Labute approximate surface area is 169 Å². The van der Waals surface area contributed by atoms with E-state index in [9.17, 15) is 0 Å². The average molecular weight is 464 g/mol. The van der Waals surface area contributed by atoms with E-state index in [2.05, 4.69) is 51.7 Å². The molecule has 1 aromatic rings. The zero-order valence-electron chi connectivity index (χ0n) is 15.7. The first-order chi connectivity index (χ1) is 11.8. The molecule has 1 aromatic carbocycles. The van der Waals surface area contributed by atoms with Gasteiger partial charge in [-0.05, 0) is 25.5 Å². The van der Waals surface area contributed by atoms with E-state index in [1.165, 1.54) is 5.69 Å².